The lowest BCUT2D eigenvalue weighted by molar-refractivity contribution is 1.48. The molecule has 0 aliphatic heterocycles. The predicted octanol–water partition coefficient (Wildman–Crippen LogP) is 2.96. The monoisotopic (exact) mass is 171 g/mol. The number of hydrogen-bond donors (Lipinski definition) is 0. The third-order valence-electron chi connectivity index (χ3n) is 1.73. The molecule has 0 unspecified atom stereocenters. The molecule has 0 radical (unpaired) electrons. The zero-order valence-corrected chi connectivity index (χ0v) is 7.77. The first-order chi connectivity index (χ1) is 6.38. The molecule has 1 heteroatoms. The molecule has 0 bridgehead atoms. The number of benzene rings is 1. The molecule has 13 heavy (non-hydrogen) atoms. The highest BCUT2D eigenvalue weighted by atomic mass is 14.6. The minimum absolute atomic E-state index is 1.09. The Morgan fingerprint density at radius 2 is 2.00 bits per heavy atom. The highest BCUT2D eigenvalue weighted by molar-refractivity contribution is 5.88. The summed E-state index contributed by atoms with van der Waals surface area (Å²) in [5, 5.41) is 0. The fourth-order valence-electron chi connectivity index (χ4n) is 1.07. The van der Waals surface area contributed by atoms with E-state index in [1.807, 2.05) is 30.4 Å². The molecule has 0 spiro atoms. The maximum Gasteiger partial charge on any atom is 0.0277 e. The lowest BCUT2D eigenvalue weighted by Crippen LogP contribution is -1.79. The van der Waals surface area contributed by atoms with E-state index in [-0.39, 0.29) is 0 Å². The number of hydrogen-bond acceptors (Lipinski definition) is 1. The van der Waals surface area contributed by atoms with Crippen molar-refractivity contribution in [1.29, 1.82) is 0 Å². The molecular weight excluding hydrogens is 158 g/mol. The Morgan fingerprint density at radius 3 is 2.54 bits per heavy atom. The number of aliphatic imine (C=N–C) groups is 1. The van der Waals surface area contributed by atoms with Crippen LogP contribution < -0.4 is 0 Å². The average Bonchev–Trinajstić information content (AvgIpc) is 2.21. The fraction of sp³-hybridized carbons (Fsp3) is 0.0833. The Morgan fingerprint density at radius 1 is 1.31 bits per heavy atom. The Hall–Kier alpha value is -1.63. The molecule has 0 saturated carbocycles. The van der Waals surface area contributed by atoms with E-state index < -0.39 is 0 Å². The van der Waals surface area contributed by atoms with Crippen molar-refractivity contribution in [2.75, 3.05) is 7.05 Å². The number of nitrogens with zero attached hydrogens (tertiary/aromatic N) is 1. The Kier molecular flexibility index (Phi) is 3.71. The van der Waals surface area contributed by atoms with E-state index in [0.29, 0.717) is 0 Å². The second kappa shape index (κ2) is 5.09. The van der Waals surface area contributed by atoms with Gasteiger partial charge in [0.25, 0.3) is 0 Å². The van der Waals surface area contributed by atoms with Gasteiger partial charge in [0.05, 0.1) is 0 Å². The van der Waals surface area contributed by atoms with Gasteiger partial charge < -0.3 is 0 Å². The van der Waals surface area contributed by atoms with Gasteiger partial charge in [-0.2, -0.15) is 0 Å². The third kappa shape index (κ3) is 2.71. The molecule has 0 amide bonds. The van der Waals surface area contributed by atoms with Crippen LogP contribution >= 0.6 is 0 Å². The lowest BCUT2D eigenvalue weighted by atomic mass is 10.1. The van der Waals surface area contributed by atoms with Crippen LogP contribution in [0.2, 0.25) is 0 Å². The van der Waals surface area contributed by atoms with Crippen LogP contribution in [0.15, 0.2) is 54.1 Å². The zero-order valence-electron chi connectivity index (χ0n) is 7.77. The fourth-order valence-corrected chi connectivity index (χ4v) is 1.07. The van der Waals surface area contributed by atoms with E-state index >= 15 is 0 Å². The second-order valence-electron chi connectivity index (χ2n) is 2.60. The predicted molar refractivity (Wildman–Crippen MR) is 59.0 cm³/mol. The molecule has 0 N–H and O–H groups in total. The van der Waals surface area contributed by atoms with Crippen molar-refractivity contribution in [1.82, 2.24) is 0 Å². The van der Waals surface area contributed by atoms with Crippen molar-refractivity contribution in [2.24, 2.45) is 4.99 Å². The van der Waals surface area contributed by atoms with Gasteiger partial charge in [0.1, 0.15) is 0 Å². The van der Waals surface area contributed by atoms with Crippen molar-refractivity contribution < 1.29 is 0 Å². The van der Waals surface area contributed by atoms with Gasteiger partial charge in [-0.05, 0) is 17.2 Å². The second-order valence-corrected chi connectivity index (χ2v) is 2.60. The van der Waals surface area contributed by atoms with Crippen molar-refractivity contribution in [3.8, 4) is 0 Å². The molecule has 0 saturated heterocycles. The van der Waals surface area contributed by atoms with E-state index in [0.717, 1.165) is 11.1 Å². The first-order valence-corrected chi connectivity index (χ1v) is 4.19. The molecular formula is C12H13N. The van der Waals surface area contributed by atoms with E-state index in [9.17, 15) is 0 Å². The summed E-state index contributed by atoms with van der Waals surface area (Å²) in [7, 11) is 1.75. The van der Waals surface area contributed by atoms with Crippen LogP contribution in [0.3, 0.4) is 0 Å². The minimum atomic E-state index is 1.09. The van der Waals surface area contributed by atoms with Gasteiger partial charge in [0, 0.05) is 13.3 Å². The quantitative estimate of drug-likeness (QED) is 0.489. The Labute approximate surface area is 79.1 Å². The molecule has 0 aliphatic carbocycles. The normalized spacial score (nSPS) is 11.9. The molecule has 0 heterocycles. The SMILES string of the molecule is C=C/C(=C\C=N/C)c1ccccc1. The highest BCUT2D eigenvalue weighted by Crippen LogP contribution is 2.13. The van der Waals surface area contributed by atoms with Crippen LogP contribution in [-0.4, -0.2) is 13.3 Å². The Balaban J connectivity index is 2.98. The van der Waals surface area contributed by atoms with Gasteiger partial charge >= 0.3 is 0 Å². The molecule has 0 fully saturated rings. The Bertz CT molecular complexity index is 320. The summed E-state index contributed by atoms with van der Waals surface area (Å²) < 4.78 is 0. The number of allylic oxidation sites excluding steroid dienone is 3. The largest absolute Gasteiger partial charge is 0.296 e. The highest BCUT2D eigenvalue weighted by Gasteiger charge is 1.92. The summed E-state index contributed by atoms with van der Waals surface area (Å²) in [5.41, 5.74) is 2.25. The smallest absolute Gasteiger partial charge is 0.0277 e. The summed E-state index contributed by atoms with van der Waals surface area (Å²) in [6.07, 6.45) is 5.54. The van der Waals surface area contributed by atoms with Crippen LogP contribution in [0.4, 0.5) is 0 Å². The molecule has 1 nitrogen and oxygen atoms in total. The van der Waals surface area contributed by atoms with Gasteiger partial charge in [0.15, 0.2) is 0 Å². The van der Waals surface area contributed by atoms with Gasteiger partial charge in [-0.1, -0.05) is 43.0 Å². The lowest BCUT2D eigenvalue weighted by Gasteiger charge is -1.99. The van der Waals surface area contributed by atoms with Gasteiger partial charge in [-0.3, -0.25) is 4.99 Å². The molecule has 66 valence electrons. The van der Waals surface area contributed by atoms with Gasteiger partial charge in [0.2, 0.25) is 0 Å². The summed E-state index contributed by atoms with van der Waals surface area (Å²) in [6.45, 7) is 3.76. The molecule has 0 atom stereocenters. The van der Waals surface area contributed by atoms with E-state index in [2.05, 4.69) is 23.7 Å². The summed E-state index contributed by atoms with van der Waals surface area (Å²) >= 11 is 0. The molecule has 1 aromatic rings. The first kappa shape index (κ1) is 9.46. The molecule has 1 rings (SSSR count). The van der Waals surface area contributed by atoms with Crippen molar-refractivity contribution in [3.63, 3.8) is 0 Å². The summed E-state index contributed by atoms with van der Waals surface area (Å²) in [4.78, 5) is 3.90. The average molecular weight is 171 g/mol. The summed E-state index contributed by atoms with van der Waals surface area (Å²) in [6, 6.07) is 10.1. The first-order valence-electron chi connectivity index (χ1n) is 4.19. The van der Waals surface area contributed by atoms with Crippen LogP contribution in [-0.2, 0) is 0 Å². The van der Waals surface area contributed by atoms with Crippen LogP contribution in [0.25, 0.3) is 5.57 Å². The third-order valence-corrected chi connectivity index (χ3v) is 1.73. The van der Waals surface area contributed by atoms with Crippen LogP contribution in [0, 0.1) is 0 Å². The summed E-state index contributed by atoms with van der Waals surface area (Å²) in [5.74, 6) is 0. The van der Waals surface area contributed by atoms with E-state index in [1.54, 1.807) is 13.3 Å². The van der Waals surface area contributed by atoms with Crippen LogP contribution in [0.5, 0.6) is 0 Å². The maximum atomic E-state index is 3.90. The van der Waals surface area contributed by atoms with Crippen LogP contribution in [0.1, 0.15) is 5.56 Å². The van der Waals surface area contributed by atoms with Crippen molar-refractivity contribution in [2.45, 2.75) is 0 Å². The topological polar surface area (TPSA) is 12.4 Å². The van der Waals surface area contributed by atoms with Gasteiger partial charge in [-0.15, -0.1) is 0 Å². The zero-order chi connectivity index (χ0) is 9.52. The van der Waals surface area contributed by atoms with Gasteiger partial charge in [-0.25, -0.2) is 0 Å². The maximum absolute atomic E-state index is 3.90. The molecule has 0 aromatic heterocycles. The minimum Gasteiger partial charge on any atom is -0.296 e. The molecule has 0 aliphatic rings. The van der Waals surface area contributed by atoms with Crippen molar-refractivity contribution in [3.05, 3.63) is 54.6 Å². The van der Waals surface area contributed by atoms with E-state index in [4.69, 9.17) is 0 Å². The van der Waals surface area contributed by atoms with E-state index in [1.165, 1.54) is 0 Å². The molecule has 1 aromatic carbocycles. The number of rotatable bonds is 3. The van der Waals surface area contributed by atoms with Crippen molar-refractivity contribution >= 4 is 11.8 Å². The standard InChI is InChI=1S/C12H13N/c1-3-11(9-10-13-2)12-7-5-4-6-8-12/h3-10H,1H2,2H3/b11-9+,13-10-.